The Labute approximate surface area is 97.2 Å². The maximum absolute atomic E-state index is 7.31. The predicted molar refractivity (Wildman–Crippen MR) is 62.6 cm³/mol. The normalized spacial score (nSPS) is 10.3. The van der Waals surface area contributed by atoms with Gasteiger partial charge in [-0.25, -0.2) is 9.97 Å². The van der Waals surface area contributed by atoms with E-state index < -0.39 is 0 Å². The molecular weight excluding hydrogens is 222 g/mol. The molecule has 0 bridgehead atoms. The third-order valence-electron chi connectivity index (χ3n) is 1.97. The van der Waals surface area contributed by atoms with Crippen LogP contribution in [0.3, 0.4) is 0 Å². The zero-order chi connectivity index (χ0) is 11.5. The van der Waals surface area contributed by atoms with Gasteiger partial charge in [0.25, 0.3) is 0 Å². The van der Waals surface area contributed by atoms with Gasteiger partial charge in [-0.3, -0.25) is 5.41 Å². The fraction of sp³-hybridized carbons (Fsp3) is 0.100. The molecule has 2 heterocycles. The van der Waals surface area contributed by atoms with Crippen molar-refractivity contribution in [2.24, 2.45) is 12.8 Å². The van der Waals surface area contributed by atoms with Gasteiger partial charge in [0.2, 0.25) is 0 Å². The molecule has 0 unspecified atom stereocenters. The molecule has 3 N–H and O–H groups in total. The predicted octanol–water partition coefficient (Wildman–Crippen LogP) is 1.25. The first-order valence-corrected chi connectivity index (χ1v) is 5.45. The summed E-state index contributed by atoms with van der Waals surface area (Å²) in [6, 6.07) is 5.41. The number of amidine groups is 1. The highest BCUT2D eigenvalue weighted by Crippen LogP contribution is 2.23. The lowest BCUT2D eigenvalue weighted by Crippen LogP contribution is -2.13. The van der Waals surface area contributed by atoms with Crippen molar-refractivity contribution in [2.45, 2.75) is 10.2 Å². The lowest BCUT2D eigenvalue weighted by atomic mass is 10.3. The van der Waals surface area contributed by atoms with E-state index in [2.05, 4.69) is 9.97 Å². The molecule has 0 aliphatic rings. The van der Waals surface area contributed by atoms with E-state index in [1.54, 1.807) is 12.3 Å². The van der Waals surface area contributed by atoms with Crippen LogP contribution in [0.15, 0.2) is 40.8 Å². The van der Waals surface area contributed by atoms with Crippen molar-refractivity contribution >= 4 is 17.6 Å². The van der Waals surface area contributed by atoms with Crippen molar-refractivity contribution in [3.05, 3.63) is 36.3 Å². The van der Waals surface area contributed by atoms with Crippen LogP contribution in [0, 0.1) is 5.41 Å². The fourth-order valence-electron chi connectivity index (χ4n) is 1.17. The molecule has 6 heteroatoms. The Morgan fingerprint density at radius 3 is 2.94 bits per heavy atom. The number of nitrogens with two attached hydrogens (primary N) is 1. The summed E-state index contributed by atoms with van der Waals surface area (Å²) in [7, 11) is 1.92. The monoisotopic (exact) mass is 233 g/mol. The first kappa shape index (κ1) is 10.7. The van der Waals surface area contributed by atoms with Crippen molar-refractivity contribution in [1.82, 2.24) is 14.5 Å². The molecule has 0 aromatic carbocycles. The van der Waals surface area contributed by atoms with E-state index in [9.17, 15) is 0 Å². The lowest BCUT2D eigenvalue weighted by molar-refractivity contribution is 0.788. The Morgan fingerprint density at radius 2 is 2.31 bits per heavy atom. The Morgan fingerprint density at radius 1 is 1.50 bits per heavy atom. The van der Waals surface area contributed by atoms with Crippen LogP contribution < -0.4 is 5.73 Å². The second-order valence-corrected chi connectivity index (χ2v) is 4.19. The summed E-state index contributed by atoms with van der Waals surface area (Å²) in [5.74, 6) is -0.0257. The Balaban J connectivity index is 2.25. The fourth-order valence-corrected chi connectivity index (χ4v) is 1.96. The van der Waals surface area contributed by atoms with Crippen LogP contribution in [0.5, 0.6) is 0 Å². The molecule has 16 heavy (non-hydrogen) atoms. The average Bonchev–Trinajstić information content (AvgIpc) is 2.65. The van der Waals surface area contributed by atoms with Gasteiger partial charge in [0, 0.05) is 19.4 Å². The van der Waals surface area contributed by atoms with Gasteiger partial charge in [-0.2, -0.15) is 0 Å². The van der Waals surface area contributed by atoms with Crippen LogP contribution >= 0.6 is 11.8 Å². The van der Waals surface area contributed by atoms with Gasteiger partial charge in [0.05, 0.1) is 0 Å². The van der Waals surface area contributed by atoms with E-state index in [0.717, 1.165) is 10.2 Å². The summed E-state index contributed by atoms with van der Waals surface area (Å²) in [4.78, 5) is 8.43. The molecule has 0 radical (unpaired) electrons. The van der Waals surface area contributed by atoms with Gasteiger partial charge in [-0.15, -0.1) is 0 Å². The molecule has 0 saturated carbocycles. The summed E-state index contributed by atoms with van der Waals surface area (Å²) in [5.41, 5.74) is 5.86. The third-order valence-corrected chi connectivity index (χ3v) is 2.98. The van der Waals surface area contributed by atoms with Gasteiger partial charge in [-0.05, 0) is 23.9 Å². The highest BCUT2D eigenvalue weighted by molar-refractivity contribution is 7.99. The summed E-state index contributed by atoms with van der Waals surface area (Å²) in [6.07, 6.45) is 3.61. The van der Waals surface area contributed by atoms with Crippen LogP contribution in [-0.4, -0.2) is 20.4 Å². The van der Waals surface area contributed by atoms with Crippen LogP contribution in [0.2, 0.25) is 0 Å². The number of nitrogen functional groups attached to an aromatic ring is 1. The summed E-state index contributed by atoms with van der Waals surface area (Å²) >= 11 is 1.44. The Hall–Kier alpha value is -1.82. The quantitative estimate of drug-likeness (QED) is 0.617. The average molecular weight is 233 g/mol. The van der Waals surface area contributed by atoms with Crippen molar-refractivity contribution in [2.75, 3.05) is 0 Å². The highest BCUT2D eigenvalue weighted by Gasteiger charge is 2.05. The van der Waals surface area contributed by atoms with Crippen molar-refractivity contribution < 1.29 is 0 Å². The summed E-state index contributed by atoms with van der Waals surface area (Å²) in [6.45, 7) is 0. The molecule has 82 valence electrons. The number of aryl methyl sites for hydroxylation is 1. The van der Waals surface area contributed by atoms with Gasteiger partial charge in [-0.1, -0.05) is 6.07 Å². The van der Waals surface area contributed by atoms with Gasteiger partial charge >= 0.3 is 0 Å². The maximum Gasteiger partial charge on any atom is 0.174 e. The third kappa shape index (κ3) is 2.22. The smallest absolute Gasteiger partial charge is 0.174 e. The highest BCUT2D eigenvalue weighted by atomic mass is 32.2. The molecule has 0 saturated heterocycles. The van der Waals surface area contributed by atoms with Gasteiger partial charge < -0.3 is 10.3 Å². The molecule has 0 fully saturated rings. The maximum atomic E-state index is 7.31. The van der Waals surface area contributed by atoms with E-state index in [-0.39, 0.29) is 5.84 Å². The number of nitrogens with one attached hydrogen (secondary N) is 1. The zero-order valence-corrected chi connectivity index (χ0v) is 9.53. The number of rotatable bonds is 3. The minimum Gasteiger partial charge on any atom is -0.382 e. The molecular formula is C10H11N5S. The molecule has 0 spiro atoms. The Bertz CT molecular complexity index is 519. The standard InChI is InChI=1S/C10H11N5S/c1-15-6-5-13-10(15)16-8-4-2-3-7(14-8)9(11)12/h2-6H,1H3,(H3,11,12). The second-order valence-electron chi connectivity index (χ2n) is 3.20. The van der Waals surface area contributed by atoms with Crippen molar-refractivity contribution in [3.63, 3.8) is 0 Å². The molecule has 2 aromatic heterocycles. The minimum absolute atomic E-state index is 0.0257. The molecule has 0 aliphatic heterocycles. The van der Waals surface area contributed by atoms with E-state index in [1.807, 2.05) is 29.9 Å². The number of hydrogen-bond donors (Lipinski definition) is 2. The number of aromatic nitrogens is 3. The largest absolute Gasteiger partial charge is 0.382 e. The van der Waals surface area contributed by atoms with Crippen molar-refractivity contribution in [3.8, 4) is 0 Å². The van der Waals surface area contributed by atoms with Crippen molar-refractivity contribution in [1.29, 1.82) is 5.41 Å². The molecule has 0 atom stereocenters. The number of pyridine rings is 1. The van der Waals surface area contributed by atoms with Crippen LogP contribution in [0.4, 0.5) is 0 Å². The first-order valence-electron chi connectivity index (χ1n) is 4.63. The minimum atomic E-state index is -0.0257. The number of hydrogen-bond acceptors (Lipinski definition) is 4. The van der Waals surface area contributed by atoms with E-state index >= 15 is 0 Å². The molecule has 0 amide bonds. The summed E-state index contributed by atoms with van der Waals surface area (Å²) in [5, 5.41) is 8.94. The van der Waals surface area contributed by atoms with E-state index in [1.165, 1.54) is 11.8 Å². The second kappa shape index (κ2) is 4.36. The molecule has 5 nitrogen and oxygen atoms in total. The lowest BCUT2D eigenvalue weighted by Gasteiger charge is -2.02. The topological polar surface area (TPSA) is 80.6 Å². The van der Waals surface area contributed by atoms with Crippen LogP contribution in [0.25, 0.3) is 0 Å². The first-order chi connectivity index (χ1) is 7.66. The SMILES string of the molecule is Cn1ccnc1Sc1cccc(C(=N)N)n1. The molecule has 2 rings (SSSR count). The van der Waals surface area contributed by atoms with E-state index in [0.29, 0.717) is 5.69 Å². The molecule has 2 aromatic rings. The van der Waals surface area contributed by atoms with Crippen LogP contribution in [-0.2, 0) is 7.05 Å². The number of nitrogens with zero attached hydrogens (tertiary/aromatic N) is 3. The summed E-state index contributed by atoms with van der Waals surface area (Å²) < 4.78 is 1.91. The van der Waals surface area contributed by atoms with Gasteiger partial charge in [0.15, 0.2) is 5.16 Å². The van der Waals surface area contributed by atoms with E-state index in [4.69, 9.17) is 11.1 Å². The Kier molecular flexibility index (Phi) is 2.91. The zero-order valence-electron chi connectivity index (χ0n) is 8.71. The number of imidazole rings is 1. The van der Waals surface area contributed by atoms with Gasteiger partial charge in [0.1, 0.15) is 16.6 Å². The molecule has 0 aliphatic carbocycles. The van der Waals surface area contributed by atoms with Crippen LogP contribution in [0.1, 0.15) is 5.69 Å².